The fourth-order valence-corrected chi connectivity index (χ4v) is 4.12. The summed E-state index contributed by atoms with van der Waals surface area (Å²) >= 11 is 3.36. The van der Waals surface area contributed by atoms with E-state index in [1.54, 1.807) is 6.07 Å². The van der Waals surface area contributed by atoms with Gasteiger partial charge in [-0.25, -0.2) is 9.59 Å². The van der Waals surface area contributed by atoms with Crippen molar-refractivity contribution in [2.45, 2.75) is 43.7 Å². The molecule has 2 bridgehead atoms. The summed E-state index contributed by atoms with van der Waals surface area (Å²) in [5.41, 5.74) is 0.0676. The van der Waals surface area contributed by atoms with Crippen LogP contribution in [0.15, 0.2) is 28.7 Å². The van der Waals surface area contributed by atoms with E-state index in [9.17, 15) is 14.7 Å². The highest BCUT2D eigenvalue weighted by Gasteiger charge is 2.52. The number of fused-ring (bicyclic) bond motifs is 2. The standard InChI is InChI=1S/C16H19BrN2O4/c17-12-5-1-2-6-13(12)18-14(20)23-10-16-8-3-4-11(7-9-16)19(16)15(21)22/h1-2,5-6,11H,3-4,7-10H2,(H,18,20)(H,21,22)/t11-,16+/m1/s1. The molecule has 6 nitrogen and oxygen atoms in total. The Balaban J connectivity index is 1.64. The van der Waals surface area contributed by atoms with E-state index in [1.807, 2.05) is 18.2 Å². The number of nitrogens with zero attached hydrogens (tertiary/aromatic N) is 1. The maximum absolute atomic E-state index is 12.0. The molecular weight excluding hydrogens is 364 g/mol. The monoisotopic (exact) mass is 382 g/mol. The summed E-state index contributed by atoms with van der Waals surface area (Å²) in [5.74, 6) is 0. The molecule has 2 heterocycles. The highest BCUT2D eigenvalue weighted by molar-refractivity contribution is 9.10. The molecule has 23 heavy (non-hydrogen) atoms. The number of carbonyl (C=O) groups is 2. The quantitative estimate of drug-likeness (QED) is 0.825. The van der Waals surface area contributed by atoms with Gasteiger partial charge in [-0.15, -0.1) is 0 Å². The Kier molecular flexibility index (Phi) is 4.48. The first kappa shape index (κ1) is 16.1. The van der Waals surface area contributed by atoms with E-state index in [4.69, 9.17) is 4.74 Å². The van der Waals surface area contributed by atoms with Gasteiger partial charge in [0.15, 0.2) is 0 Å². The Bertz CT molecular complexity index is 620. The zero-order chi connectivity index (χ0) is 16.4. The first-order valence-electron chi connectivity index (χ1n) is 7.72. The van der Waals surface area contributed by atoms with E-state index in [2.05, 4.69) is 21.2 Å². The number of hydrogen-bond donors (Lipinski definition) is 2. The third-order valence-corrected chi connectivity index (χ3v) is 5.48. The van der Waals surface area contributed by atoms with E-state index in [0.29, 0.717) is 5.69 Å². The largest absolute Gasteiger partial charge is 0.465 e. The molecule has 2 atom stereocenters. The molecule has 2 amide bonds. The molecule has 1 aromatic carbocycles. The maximum Gasteiger partial charge on any atom is 0.411 e. The first-order valence-corrected chi connectivity index (χ1v) is 8.52. The predicted octanol–water partition coefficient (Wildman–Crippen LogP) is 4.06. The van der Waals surface area contributed by atoms with E-state index < -0.39 is 17.7 Å². The second-order valence-electron chi connectivity index (χ2n) is 6.14. The summed E-state index contributed by atoms with van der Waals surface area (Å²) in [7, 11) is 0. The molecule has 0 saturated carbocycles. The zero-order valence-electron chi connectivity index (χ0n) is 12.6. The van der Waals surface area contributed by atoms with Gasteiger partial charge in [0.1, 0.15) is 6.61 Å². The number of rotatable bonds is 3. The summed E-state index contributed by atoms with van der Waals surface area (Å²) in [5, 5.41) is 12.2. The SMILES string of the molecule is O=C(Nc1ccccc1Br)OC[C@]12CCC[C@H](CC1)N2C(=O)O. The van der Waals surface area contributed by atoms with Crippen molar-refractivity contribution in [1.29, 1.82) is 0 Å². The van der Waals surface area contributed by atoms with Crippen LogP contribution in [0.25, 0.3) is 0 Å². The maximum atomic E-state index is 12.0. The number of carbonyl (C=O) groups excluding carboxylic acids is 1. The molecule has 7 heteroatoms. The number of para-hydroxylation sites is 1. The van der Waals surface area contributed by atoms with Crippen molar-refractivity contribution < 1.29 is 19.4 Å². The van der Waals surface area contributed by atoms with Crippen LogP contribution in [-0.4, -0.2) is 40.4 Å². The van der Waals surface area contributed by atoms with Crippen molar-refractivity contribution >= 4 is 33.8 Å². The number of amides is 2. The lowest BCUT2D eigenvalue weighted by atomic mass is 9.89. The Morgan fingerprint density at radius 3 is 2.87 bits per heavy atom. The summed E-state index contributed by atoms with van der Waals surface area (Å²) < 4.78 is 6.13. The van der Waals surface area contributed by atoms with Gasteiger partial charge >= 0.3 is 12.2 Å². The molecule has 2 N–H and O–H groups in total. The number of ether oxygens (including phenoxy) is 1. The van der Waals surface area contributed by atoms with Gasteiger partial charge in [-0.1, -0.05) is 12.1 Å². The van der Waals surface area contributed by atoms with Crippen LogP contribution >= 0.6 is 15.9 Å². The number of benzene rings is 1. The Morgan fingerprint density at radius 1 is 1.35 bits per heavy atom. The molecule has 0 aliphatic carbocycles. The van der Waals surface area contributed by atoms with Crippen LogP contribution in [0.3, 0.4) is 0 Å². The van der Waals surface area contributed by atoms with E-state index in [-0.39, 0.29) is 12.6 Å². The van der Waals surface area contributed by atoms with E-state index in [0.717, 1.165) is 36.6 Å². The Labute approximate surface area is 142 Å². The van der Waals surface area contributed by atoms with Crippen LogP contribution in [0.2, 0.25) is 0 Å². The zero-order valence-corrected chi connectivity index (χ0v) is 14.2. The predicted molar refractivity (Wildman–Crippen MR) is 88.6 cm³/mol. The number of piperidine rings is 1. The summed E-state index contributed by atoms with van der Waals surface area (Å²) in [6.07, 6.45) is 2.75. The number of halogens is 1. The minimum atomic E-state index is -0.915. The highest BCUT2D eigenvalue weighted by atomic mass is 79.9. The molecule has 2 aliphatic rings. The Hall–Kier alpha value is -1.76. The minimum Gasteiger partial charge on any atom is -0.465 e. The van der Waals surface area contributed by atoms with Crippen LogP contribution in [0.5, 0.6) is 0 Å². The third-order valence-electron chi connectivity index (χ3n) is 4.79. The second-order valence-corrected chi connectivity index (χ2v) is 7.00. The van der Waals surface area contributed by atoms with Crippen molar-refractivity contribution in [2.24, 2.45) is 0 Å². The van der Waals surface area contributed by atoms with Gasteiger partial charge in [0.25, 0.3) is 0 Å². The molecular formula is C16H19BrN2O4. The molecule has 0 aromatic heterocycles. The van der Waals surface area contributed by atoms with Gasteiger partial charge in [-0.05, 0) is 60.2 Å². The minimum absolute atomic E-state index is 0.0659. The number of carboxylic acid groups (broad SMARTS) is 1. The summed E-state index contributed by atoms with van der Waals surface area (Å²) in [6, 6.07) is 7.32. The molecule has 1 aromatic rings. The van der Waals surface area contributed by atoms with E-state index in [1.165, 1.54) is 4.90 Å². The average molecular weight is 383 g/mol. The van der Waals surface area contributed by atoms with Gasteiger partial charge in [-0.3, -0.25) is 10.2 Å². The summed E-state index contributed by atoms with van der Waals surface area (Å²) in [4.78, 5) is 25.1. The van der Waals surface area contributed by atoms with Gasteiger partial charge in [0.05, 0.1) is 11.2 Å². The topological polar surface area (TPSA) is 78.9 Å². The lowest BCUT2D eigenvalue weighted by Crippen LogP contribution is -2.55. The number of hydrogen-bond acceptors (Lipinski definition) is 3. The van der Waals surface area contributed by atoms with Crippen LogP contribution < -0.4 is 5.32 Å². The Morgan fingerprint density at radius 2 is 2.13 bits per heavy atom. The van der Waals surface area contributed by atoms with Crippen molar-refractivity contribution in [3.8, 4) is 0 Å². The van der Waals surface area contributed by atoms with Gasteiger partial charge in [-0.2, -0.15) is 0 Å². The number of nitrogens with one attached hydrogen (secondary N) is 1. The van der Waals surface area contributed by atoms with Crippen molar-refractivity contribution in [3.63, 3.8) is 0 Å². The molecule has 3 rings (SSSR count). The van der Waals surface area contributed by atoms with Crippen molar-refractivity contribution in [3.05, 3.63) is 28.7 Å². The molecule has 2 fully saturated rings. The van der Waals surface area contributed by atoms with Crippen LogP contribution in [0.4, 0.5) is 15.3 Å². The molecule has 0 radical (unpaired) electrons. The smallest absolute Gasteiger partial charge is 0.411 e. The molecule has 2 aliphatic heterocycles. The molecule has 0 unspecified atom stereocenters. The van der Waals surface area contributed by atoms with Gasteiger partial charge < -0.3 is 9.84 Å². The van der Waals surface area contributed by atoms with Crippen molar-refractivity contribution in [2.75, 3.05) is 11.9 Å². The normalized spacial score (nSPS) is 26.0. The lowest BCUT2D eigenvalue weighted by molar-refractivity contribution is 0.0110. The highest BCUT2D eigenvalue weighted by Crippen LogP contribution is 2.44. The second kappa shape index (κ2) is 6.39. The lowest BCUT2D eigenvalue weighted by Gasteiger charge is -2.42. The molecule has 124 valence electrons. The van der Waals surface area contributed by atoms with Gasteiger partial charge in [0.2, 0.25) is 0 Å². The number of anilines is 1. The van der Waals surface area contributed by atoms with E-state index >= 15 is 0 Å². The summed E-state index contributed by atoms with van der Waals surface area (Å²) in [6.45, 7) is 0.103. The van der Waals surface area contributed by atoms with Crippen LogP contribution in [0.1, 0.15) is 32.1 Å². The van der Waals surface area contributed by atoms with Crippen LogP contribution in [-0.2, 0) is 4.74 Å². The van der Waals surface area contributed by atoms with Gasteiger partial charge in [0, 0.05) is 10.5 Å². The fraction of sp³-hybridized carbons (Fsp3) is 0.500. The molecule has 2 saturated heterocycles. The molecule has 0 spiro atoms. The first-order chi connectivity index (χ1) is 11.0. The van der Waals surface area contributed by atoms with Crippen molar-refractivity contribution in [1.82, 2.24) is 4.90 Å². The fourth-order valence-electron chi connectivity index (χ4n) is 3.74. The van der Waals surface area contributed by atoms with Crippen LogP contribution in [0, 0.1) is 0 Å². The average Bonchev–Trinajstić information content (AvgIpc) is 2.75. The third kappa shape index (κ3) is 3.15.